The van der Waals surface area contributed by atoms with Crippen LogP contribution in [0.5, 0.6) is 0 Å². The first kappa shape index (κ1) is 21.8. The summed E-state index contributed by atoms with van der Waals surface area (Å²) < 4.78 is 63.0. The highest BCUT2D eigenvalue weighted by atomic mass is 32.2. The Kier molecular flexibility index (Phi) is 6.95. The van der Waals surface area contributed by atoms with E-state index >= 15 is 8.78 Å². The van der Waals surface area contributed by atoms with E-state index in [-0.39, 0.29) is 13.0 Å². The fourth-order valence-corrected chi connectivity index (χ4v) is 3.29. The molecule has 1 aromatic carbocycles. The molecule has 0 heterocycles. The van der Waals surface area contributed by atoms with Crippen molar-refractivity contribution in [1.29, 1.82) is 0 Å². The van der Waals surface area contributed by atoms with E-state index in [9.17, 15) is 13.7 Å². The largest absolute Gasteiger partial charge is 0.598 e. The van der Waals surface area contributed by atoms with Gasteiger partial charge in [0.1, 0.15) is 10.6 Å². The third-order valence-electron chi connectivity index (χ3n) is 3.75. The summed E-state index contributed by atoms with van der Waals surface area (Å²) in [6.07, 6.45) is -0.387. The molecule has 0 spiro atoms. The molecule has 1 rings (SSSR count). The summed E-state index contributed by atoms with van der Waals surface area (Å²) in [6, 6.07) is 4.90. The van der Waals surface area contributed by atoms with Gasteiger partial charge in [0.25, 0.3) is 0 Å². The Hall–Kier alpha value is -1.25. The van der Waals surface area contributed by atoms with Crippen LogP contribution in [0.1, 0.15) is 46.6 Å². The van der Waals surface area contributed by atoms with Crippen LogP contribution in [-0.4, -0.2) is 27.8 Å². The Morgan fingerprint density at radius 3 is 2.24 bits per heavy atom. The standard InChI is InChI=1S/C17H24F3NO3S/c1-6-16(21-25(23)15(3,4)5,12-10-8-9-11-13(12)18)17(19,20)14(22)24-7-2/h8-11,21H,6-7H2,1-5H3/t16-,25?/m1/s1. The van der Waals surface area contributed by atoms with Gasteiger partial charge in [-0.05, 0) is 40.2 Å². The molecule has 0 aliphatic heterocycles. The summed E-state index contributed by atoms with van der Waals surface area (Å²) in [6.45, 7) is 7.26. The van der Waals surface area contributed by atoms with Crippen molar-refractivity contribution in [2.75, 3.05) is 6.61 Å². The van der Waals surface area contributed by atoms with Crippen LogP contribution in [0.2, 0.25) is 0 Å². The van der Waals surface area contributed by atoms with Crippen LogP contribution in [0.4, 0.5) is 13.2 Å². The Balaban J connectivity index is 3.59. The fourth-order valence-electron chi connectivity index (χ4n) is 2.29. The summed E-state index contributed by atoms with van der Waals surface area (Å²) in [7, 11) is 0. The number of benzene rings is 1. The molecule has 142 valence electrons. The van der Waals surface area contributed by atoms with Gasteiger partial charge >= 0.3 is 11.9 Å². The second kappa shape index (κ2) is 7.97. The second-order valence-electron chi connectivity index (χ2n) is 6.52. The van der Waals surface area contributed by atoms with Crippen LogP contribution in [-0.2, 0) is 26.4 Å². The molecule has 0 aliphatic rings. The van der Waals surface area contributed by atoms with Crippen molar-refractivity contribution in [2.45, 2.75) is 57.2 Å². The lowest BCUT2D eigenvalue weighted by molar-refractivity contribution is -0.185. The maximum Gasteiger partial charge on any atom is 0.379 e. The minimum atomic E-state index is -4.14. The van der Waals surface area contributed by atoms with Crippen LogP contribution in [0.25, 0.3) is 0 Å². The predicted molar refractivity (Wildman–Crippen MR) is 91.0 cm³/mol. The monoisotopic (exact) mass is 379 g/mol. The topological polar surface area (TPSA) is 61.4 Å². The van der Waals surface area contributed by atoms with Gasteiger partial charge in [0.2, 0.25) is 0 Å². The summed E-state index contributed by atoms with van der Waals surface area (Å²) in [4.78, 5) is 12.0. The first-order valence-electron chi connectivity index (χ1n) is 7.93. The quantitative estimate of drug-likeness (QED) is 0.580. The zero-order chi connectivity index (χ0) is 19.5. The molecule has 0 aromatic heterocycles. The number of carbonyl (C=O) groups excluding carboxylic acids is 1. The van der Waals surface area contributed by atoms with Gasteiger partial charge in [-0.1, -0.05) is 25.1 Å². The van der Waals surface area contributed by atoms with Crippen LogP contribution in [0.15, 0.2) is 24.3 Å². The lowest BCUT2D eigenvalue weighted by Crippen LogP contribution is -2.63. The van der Waals surface area contributed by atoms with Gasteiger partial charge in [-0.3, -0.25) is 0 Å². The van der Waals surface area contributed by atoms with E-state index < -0.39 is 44.9 Å². The minimum absolute atomic E-state index is 0.256. The van der Waals surface area contributed by atoms with Crippen molar-refractivity contribution < 1.29 is 27.3 Å². The van der Waals surface area contributed by atoms with Crippen LogP contribution < -0.4 is 4.72 Å². The summed E-state index contributed by atoms with van der Waals surface area (Å²) in [5.74, 6) is -6.86. The van der Waals surface area contributed by atoms with Gasteiger partial charge in [0.15, 0.2) is 5.54 Å². The smallest absolute Gasteiger partial charge is 0.379 e. The highest BCUT2D eigenvalue weighted by Crippen LogP contribution is 2.43. The van der Waals surface area contributed by atoms with Crippen molar-refractivity contribution in [3.8, 4) is 0 Å². The number of nitrogens with one attached hydrogen (secondary N) is 1. The highest BCUT2D eigenvalue weighted by molar-refractivity contribution is 7.90. The Bertz CT molecular complexity index is 607. The number of halogens is 3. The molecule has 1 aromatic rings. The molecule has 0 bridgehead atoms. The molecular weight excluding hydrogens is 355 g/mol. The molecule has 0 saturated carbocycles. The number of carbonyl (C=O) groups is 1. The first-order chi connectivity index (χ1) is 11.4. The molecule has 0 radical (unpaired) electrons. The number of alkyl halides is 2. The Labute approximate surface area is 149 Å². The molecule has 25 heavy (non-hydrogen) atoms. The van der Waals surface area contributed by atoms with Gasteiger partial charge in [0, 0.05) is 16.9 Å². The predicted octanol–water partition coefficient (Wildman–Crippen LogP) is 3.68. The second-order valence-corrected chi connectivity index (χ2v) is 8.48. The minimum Gasteiger partial charge on any atom is -0.598 e. The lowest BCUT2D eigenvalue weighted by Gasteiger charge is -2.40. The van der Waals surface area contributed by atoms with Crippen molar-refractivity contribution in [3.63, 3.8) is 0 Å². The van der Waals surface area contributed by atoms with Gasteiger partial charge < -0.3 is 9.29 Å². The van der Waals surface area contributed by atoms with E-state index in [4.69, 9.17) is 0 Å². The Morgan fingerprint density at radius 2 is 1.80 bits per heavy atom. The SMILES string of the molecule is CCOC(=O)C(F)(F)[C@](CC)(N[S+]([O-])C(C)(C)C)c1ccccc1F. The molecule has 1 N–H and O–H groups in total. The van der Waals surface area contributed by atoms with Gasteiger partial charge in [0.05, 0.1) is 6.61 Å². The summed E-state index contributed by atoms with van der Waals surface area (Å²) in [5, 5.41) is 0. The van der Waals surface area contributed by atoms with Crippen molar-refractivity contribution in [1.82, 2.24) is 4.72 Å². The fraction of sp³-hybridized carbons (Fsp3) is 0.588. The van der Waals surface area contributed by atoms with Crippen LogP contribution >= 0.6 is 0 Å². The maximum atomic E-state index is 15.1. The molecule has 0 saturated heterocycles. The van der Waals surface area contributed by atoms with Crippen LogP contribution in [0, 0.1) is 5.82 Å². The molecular formula is C17H24F3NO3S. The number of rotatable bonds is 7. The third kappa shape index (κ3) is 4.30. The third-order valence-corrected chi connectivity index (χ3v) is 5.40. The Morgan fingerprint density at radius 1 is 1.24 bits per heavy atom. The average molecular weight is 379 g/mol. The highest BCUT2D eigenvalue weighted by Gasteiger charge is 2.64. The number of esters is 1. The van der Waals surface area contributed by atoms with E-state index in [0.29, 0.717) is 0 Å². The molecule has 0 aliphatic carbocycles. The van der Waals surface area contributed by atoms with Crippen LogP contribution in [0.3, 0.4) is 0 Å². The van der Waals surface area contributed by atoms with Gasteiger partial charge in [-0.2, -0.15) is 8.78 Å². The zero-order valence-corrected chi connectivity index (χ0v) is 15.8. The van der Waals surface area contributed by atoms with E-state index in [0.717, 1.165) is 12.1 Å². The molecule has 8 heteroatoms. The molecule has 0 amide bonds. The average Bonchev–Trinajstić information content (AvgIpc) is 2.52. The van der Waals surface area contributed by atoms with Crippen molar-refractivity contribution in [3.05, 3.63) is 35.6 Å². The first-order valence-corrected chi connectivity index (χ1v) is 9.08. The van der Waals surface area contributed by atoms with E-state index in [2.05, 4.69) is 9.46 Å². The molecule has 0 fully saturated rings. The van der Waals surface area contributed by atoms with Crippen molar-refractivity contribution >= 4 is 17.3 Å². The number of hydrogen-bond acceptors (Lipinski definition) is 4. The van der Waals surface area contributed by atoms with E-state index in [1.54, 1.807) is 20.8 Å². The van der Waals surface area contributed by atoms with Crippen molar-refractivity contribution in [2.24, 2.45) is 0 Å². The maximum absolute atomic E-state index is 15.1. The summed E-state index contributed by atoms with van der Waals surface area (Å²) in [5.41, 5.74) is -2.95. The summed E-state index contributed by atoms with van der Waals surface area (Å²) >= 11 is -1.99. The lowest BCUT2D eigenvalue weighted by atomic mass is 9.81. The molecule has 1 unspecified atom stereocenters. The molecule has 4 nitrogen and oxygen atoms in total. The van der Waals surface area contributed by atoms with Gasteiger partial charge in [-0.25, -0.2) is 9.18 Å². The van der Waals surface area contributed by atoms with E-state index in [1.807, 2.05) is 0 Å². The van der Waals surface area contributed by atoms with E-state index in [1.165, 1.54) is 26.0 Å². The number of hydrogen-bond donors (Lipinski definition) is 1. The zero-order valence-electron chi connectivity index (χ0n) is 15.0. The number of ether oxygens (including phenoxy) is 1. The molecule has 2 atom stereocenters. The van der Waals surface area contributed by atoms with Gasteiger partial charge in [-0.15, -0.1) is 4.72 Å². The normalized spacial score (nSPS) is 16.2.